The second kappa shape index (κ2) is 8.60. The van der Waals surface area contributed by atoms with Gasteiger partial charge in [0.15, 0.2) is 0 Å². The normalized spacial score (nSPS) is 17.1. The zero-order chi connectivity index (χ0) is 15.3. The maximum Gasteiger partial charge on any atom is 0.573 e. The van der Waals surface area contributed by atoms with Gasteiger partial charge in [-0.15, -0.1) is 25.6 Å². The molecule has 3 nitrogen and oxygen atoms in total. The first-order valence-corrected chi connectivity index (χ1v) is 7.18. The summed E-state index contributed by atoms with van der Waals surface area (Å²) in [6, 6.07) is 6.23. The predicted molar refractivity (Wildman–Crippen MR) is 82.3 cm³/mol. The lowest BCUT2D eigenvalue weighted by atomic mass is 9.96. The number of nitrogens with zero attached hydrogens (tertiary/aromatic N) is 1. The average molecular weight is 339 g/mol. The molecule has 0 saturated carbocycles. The second-order valence-electron chi connectivity index (χ2n) is 5.47. The predicted octanol–water partition coefficient (Wildman–Crippen LogP) is 3.44. The van der Waals surface area contributed by atoms with Gasteiger partial charge < -0.3 is 10.1 Å². The van der Waals surface area contributed by atoms with E-state index in [9.17, 15) is 13.2 Å². The quantitative estimate of drug-likeness (QED) is 0.890. The second-order valence-corrected chi connectivity index (χ2v) is 5.47. The van der Waals surface area contributed by atoms with Gasteiger partial charge in [0.1, 0.15) is 5.75 Å². The number of hydrogen-bond donors (Lipinski definition) is 1. The Morgan fingerprint density at radius 1 is 1.27 bits per heavy atom. The first-order chi connectivity index (χ1) is 9.96. The van der Waals surface area contributed by atoms with Gasteiger partial charge in [0.2, 0.25) is 0 Å². The Kier molecular flexibility index (Phi) is 7.45. The van der Waals surface area contributed by atoms with E-state index in [0.29, 0.717) is 12.5 Å². The lowest BCUT2D eigenvalue weighted by molar-refractivity contribution is -0.274. The van der Waals surface area contributed by atoms with Crippen molar-refractivity contribution in [1.82, 2.24) is 10.2 Å². The summed E-state index contributed by atoms with van der Waals surface area (Å²) < 4.78 is 40.6. The number of alkyl halides is 3. The molecular formula is C15H22ClF3N2O. The molecule has 1 aromatic carbocycles. The van der Waals surface area contributed by atoms with E-state index >= 15 is 0 Å². The largest absolute Gasteiger partial charge is 0.573 e. The van der Waals surface area contributed by atoms with E-state index in [4.69, 9.17) is 0 Å². The third kappa shape index (κ3) is 6.42. The summed E-state index contributed by atoms with van der Waals surface area (Å²) >= 11 is 0. The van der Waals surface area contributed by atoms with Crippen LogP contribution in [0.2, 0.25) is 0 Å². The highest BCUT2D eigenvalue weighted by atomic mass is 35.5. The summed E-state index contributed by atoms with van der Waals surface area (Å²) in [6.45, 7) is 3.66. The molecule has 22 heavy (non-hydrogen) atoms. The van der Waals surface area contributed by atoms with Gasteiger partial charge in [0, 0.05) is 6.54 Å². The van der Waals surface area contributed by atoms with Crippen molar-refractivity contribution in [3.8, 4) is 5.75 Å². The van der Waals surface area contributed by atoms with Crippen LogP contribution in [0.1, 0.15) is 18.4 Å². The fourth-order valence-corrected chi connectivity index (χ4v) is 2.74. The summed E-state index contributed by atoms with van der Waals surface area (Å²) in [5.41, 5.74) is 0.851. The summed E-state index contributed by atoms with van der Waals surface area (Å²) in [5.74, 6) is 0.552. The molecule has 1 saturated heterocycles. The Labute approximate surface area is 135 Å². The van der Waals surface area contributed by atoms with Crippen LogP contribution in [-0.4, -0.2) is 37.9 Å². The molecule has 1 heterocycles. The molecule has 2 rings (SSSR count). The summed E-state index contributed by atoms with van der Waals surface area (Å²) in [6.07, 6.45) is -2.39. The molecule has 0 bridgehead atoms. The Bertz CT molecular complexity index is 449. The average Bonchev–Trinajstić information content (AvgIpc) is 2.40. The lowest BCUT2D eigenvalue weighted by Gasteiger charge is -2.31. The Morgan fingerprint density at radius 2 is 1.95 bits per heavy atom. The highest BCUT2D eigenvalue weighted by Gasteiger charge is 2.31. The molecule has 1 aliphatic heterocycles. The van der Waals surface area contributed by atoms with Gasteiger partial charge in [0.05, 0.1) is 0 Å². The molecule has 1 N–H and O–H groups in total. The van der Waals surface area contributed by atoms with Crippen molar-refractivity contribution in [3.05, 3.63) is 29.8 Å². The zero-order valence-corrected chi connectivity index (χ0v) is 13.3. The van der Waals surface area contributed by atoms with Gasteiger partial charge >= 0.3 is 6.36 Å². The molecule has 1 aromatic rings. The number of likely N-dealkylation sites (tertiary alicyclic amines) is 1. The first-order valence-electron chi connectivity index (χ1n) is 7.18. The first kappa shape index (κ1) is 19.1. The van der Waals surface area contributed by atoms with Gasteiger partial charge in [0.25, 0.3) is 0 Å². The van der Waals surface area contributed by atoms with E-state index in [1.807, 2.05) is 13.1 Å². The molecular weight excluding hydrogens is 317 g/mol. The van der Waals surface area contributed by atoms with Crippen LogP contribution in [0.3, 0.4) is 0 Å². The van der Waals surface area contributed by atoms with Gasteiger partial charge in [-0.3, -0.25) is 4.90 Å². The van der Waals surface area contributed by atoms with Crippen molar-refractivity contribution in [3.63, 3.8) is 0 Å². The van der Waals surface area contributed by atoms with Crippen LogP contribution in [0.15, 0.2) is 24.3 Å². The molecule has 0 radical (unpaired) electrons. The van der Waals surface area contributed by atoms with E-state index in [1.54, 1.807) is 6.07 Å². The monoisotopic (exact) mass is 338 g/mol. The van der Waals surface area contributed by atoms with Gasteiger partial charge in [-0.1, -0.05) is 12.1 Å². The number of halogens is 4. The van der Waals surface area contributed by atoms with Gasteiger partial charge in [-0.05, 0) is 63.1 Å². The maximum atomic E-state index is 12.2. The molecule has 1 aliphatic rings. The topological polar surface area (TPSA) is 24.5 Å². The number of ether oxygens (including phenoxy) is 1. The molecule has 0 unspecified atom stereocenters. The molecule has 1 fully saturated rings. The lowest BCUT2D eigenvalue weighted by Crippen LogP contribution is -2.36. The number of benzene rings is 1. The van der Waals surface area contributed by atoms with Crippen LogP contribution in [-0.2, 0) is 6.54 Å². The van der Waals surface area contributed by atoms with Crippen LogP contribution in [0, 0.1) is 5.92 Å². The molecule has 0 spiro atoms. The maximum absolute atomic E-state index is 12.2. The third-order valence-electron chi connectivity index (χ3n) is 3.74. The fourth-order valence-electron chi connectivity index (χ4n) is 2.74. The number of nitrogens with one attached hydrogen (secondary N) is 1. The molecule has 0 aliphatic carbocycles. The summed E-state index contributed by atoms with van der Waals surface area (Å²) in [4.78, 5) is 2.28. The Morgan fingerprint density at radius 3 is 2.55 bits per heavy atom. The van der Waals surface area contributed by atoms with E-state index in [-0.39, 0.29) is 18.2 Å². The van der Waals surface area contributed by atoms with Crippen molar-refractivity contribution in [2.75, 3.05) is 26.7 Å². The van der Waals surface area contributed by atoms with E-state index in [0.717, 1.165) is 38.0 Å². The zero-order valence-electron chi connectivity index (χ0n) is 12.5. The minimum Gasteiger partial charge on any atom is -0.406 e. The number of piperidine rings is 1. The van der Waals surface area contributed by atoms with Gasteiger partial charge in [-0.2, -0.15) is 0 Å². The SMILES string of the molecule is CNCC1CCN(Cc2cccc(OC(F)(F)F)c2)CC1.Cl. The van der Waals surface area contributed by atoms with Crippen molar-refractivity contribution in [1.29, 1.82) is 0 Å². The minimum absolute atomic E-state index is 0. The number of hydrogen-bond acceptors (Lipinski definition) is 3. The fraction of sp³-hybridized carbons (Fsp3) is 0.600. The van der Waals surface area contributed by atoms with Gasteiger partial charge in [-0.25, -0.2) is 0 Å². The highest BCUT2D eigenvalue weighted by molar-refractivity contribution is 5.85. The van der Waals surface area contributed by atoms with Crippen molar-refractivity contribution in [2.24, 2.45) is 5.92 Å². The van der Waals surface area contributed by atoms with Crippen molar-refractivity contribution >= 4 is 12.4 Å². The van der Waals surface area contributed by atoms with Crippen LogP contribution < -0.4 is 10.1 Å². The smallest absolute Gasteiger partial charge is 0.406 e. The Hall–Kier alpha value is -0.980. The van der Waals surface area contributed by atoms with E-state index < -0.39 is 6.36 Å². The van der Waals surface area contributed by atoms with Crippen LogP contribution in [0.4, 0.5) is 13.2 Å². The third-order valence-corrected chi connectivity index (χ3v) is 3.74. The standard InChI is InChI=1S/C15H21F3N2O.ClH/c1-19-10-12-5-7-20(8-6-12)11-13-3-2-4-14(9-13)21-15(16,17)18;/h2-4,9,12,19H,5-8,10-11H2,1H3;1H. The molecule has 0 atom stereocenters. The van der Waals surface area contributed by atoms with Crippen LogP contribution in [0.5, 0.6) is 5.75 Å². The molecule has 0 aromatic heterocycles. The van der Waals surface area contributed by atoms with Crippen molar-refractivity contribution < 1.29 is 17.9 Å². The van der Waals surface area contributed by atoms with Crippen LogP contribution in [0.25, 0.3) is 0 Å². The van der Waals surface area contributed by atoms with E-state index in [2.05, 4.69) is 15.0 Å². The highest BCUT2D eigenvalue weighted by Crippen LogP contribution is 2.24. The van der Waals surface area contributed by atoms with Crippen LogP contribution >= 0.6 is 12.4 Å². The molecule has 126 valence electrons. The Balaban J connectivity index is 0.00000242. The van der Waals surface area contributed by atoms with Crippen molar-refractivity contribution in [2.45, 2.75) is 25.7 Å². The minimum atomic E-state index is -4.63. The van der Waals surface area contributed by atoms with E-state index in [1.165, 1.54) is 12.1 Å². The summed E-state index contributed by atoms with van der Waals surface area (Å²) in [7, 11) is 1.96. The molecule has 0 amide bonds. The number of rotatable bonds is 5. The summed E-state index contributed by atoms with van der Waals surface area (Å²) in [5, 5.41) is 3.19. The molecule has 7 heteroatoms.